The van der Waals surface area contributed by atoms with E-state index in [4.69, 9.17) is 5.73 Å². The number of hydrogen-bond donors (Lipinski definition) is 5. The average Bonchev–Trinajstić information content (AvgIpc) is 2.77. The van der Waals surface area contributed by atoms with E-state index in [0.29, 0.717) is 65.2 Å². The summed E-state index contributed by atoms with van der Waals surface area (Å²) in [5, 5.41) is 37.0. The average molecular weight is 476 g/mol. The summed E-state index contributed by atoms with van der Waals surface area (Å²) >= 11 is 0. The summed E-state index contributed by atoms with van der Waals surface area (Å²) in [6.07, 6.45) is 2.00. The van der Waals surface area contributed by atoms with Gasteiger partial charge in [-0.05, 0) is 19.4 Å². The minimum absolute atomic E-state index is 0.168. The topological polar surface area (TPSA) is 188 Å². The maximum Gasteiger partial charge on any atom is 0.317 e. The zero-order chi connectivity index (χ0) is 24.8. The number of unbranched alkanes of at least 4 members (excludes halogenated alkanes) is 1. The predicted octanol–water partition coefficient (Wildman–Crippen LogP) is -1.96. The maximum atomic E-state index is 11.4. The van der Waals surface area contributed by atoms with Gasteiger partial charge in [0.25, 0.3) is 0 Å². The lowest BCUT2D eigenvalue weighted by atomic mass is 10.1. The smallest absolute Gasteiger partial charge is 0.317 e. The Labute approximate surface area is 193 Å². The number of carboxylic acids is 4. The molecule has 13 nitrogen and oxygen atoms in total. The Kier molecular flexibility index (Phi) is 13.5. The molecule has 1 fully saturated rings. The fourth-order valence-corrected chi connectivity index (χ4v) is 3.94. The molecule has 0 amide bonds. The quantitative estimate of drug-likeness (QED) is 0.164. The van der Waals surface area contributed by atoms with Crippen molar-refractivity contribution in [2.45, 2.75) is 25.3 Å². The molecule has 190 valence electrons. The molecule has 0 aliphatic carbocycles. The van der Waals surface area contributed by atoms with Gasteiger partial charge in [-0.3, -0.25) is 38.8 Å². The van der Waals surface area contributed by atoms with Crippen LogP contribution in [0.15, 0.2) is 0 Å². The van der Waals surface area contributed by atoms with Gasteiger partial charge in [0.05, 0.1) is 26.2 Å². The molecule has 6 N–H and O–H groups in total. The molecule has 33 heavy (non-hydrogen) atoms. The molecule has 1 unspecified atom stereocenters. The molecular formula is C20H37N5O8. The van der Waals surface area contributed by atoms with Crippen LogP contribution in [0.4, 0.5) is 0 Å². The van der Waals surface area contributed by atoms with Gasteiger partial charge in [0.2, 0.25) is 0 Å². The van der Waals surface area contributed by atoms with E-state index in [2.05, 4.69) is 0 Å². The lowest BCUT2D eigenvalue weighted by molar-refractivity contribution is -0.143. The largest absolute Gasteiger partial charge is 0.480 e. The van der Waals surface area contributed by atoms with Gasteiger partial charge in [0.1, 0.15) is 0 Å². The Balaban J connectivity index is 3.02. The number of rotatable bonds is 15. The summed E-state index contributed by atoms with van der Waals surface area (Å²) in [5.74, 6) is -4.19. The van der Waals surface area contributed by atoms with E-state index in [0.717, 1.165) is 6.42 Å². The molecule has 0 aromatic rings. The molecule has 1 aliphatic rings. The second-order valence-electron chi connectivity index (χ2n) is 8.27. The molecule has 0 radical (unpaired) electrons. The number of carboxylic acid groups (broad SMARTS) is 4. The minimum atomic E-state index is -1.12. The van der Waals surface area contributed by atoms with Crippen LogP contribution in [0.3, 0.4) is 0 Å². The minimum Gasteiger partial charge on any atom is -0.480 e. The number of nitrogens with zero attached hydrogens (tertiary/aromatic N) is 4. The van der Waals surface area contributed by atoms with Gasteiger partial charge in [-0.25, -0.2) is 0 Å². The summed E-state index contributed by atoms with van der Waals surface area (Å²) < 4.78 is 0. The molecule has 1 atom stereocenters. The van der Waals surface area contributed by atoms with E-state index in [1.165, 1.54) is 4.90 Å². The Bertz CT molecular complexity index is 606. The molecular weight excluding hydrogens is 438 g/mol. The van der Waals surface area contributed by atoms with E-state index in [9.17, 15) is 39.6 Å². The molecule has 0 aromatic heterocycles. The molecule has 1 heterocycles. The number of nitrogens with two attached hydrogens (primary N) is 1. The van der Waals surface area contributed by atoms with Crippen molar-refractivity contribution in [3.05, 3.63) is 0 Å². The van der Waals surface area contributed by atoms with Gasteiger partial charge >= 0.3 is 23.9 Å². The van der Waals surface area contributed by atoms with Gasteiger partial charge in [-0.2, -0.15) is 0 Å². The van der Waals surface area contributed by atoms with Crippen LogP contribution in [0.25, 0.3) is 0 Å². The first-order valence-corrected chi connectivity index (χ1v) is 11.1. The van der Waals surface area contributed by atoms with E-state index >= 15 is 0 Å². The first-order valence-electron chi connectivity index (χ1n) is 11.1. The van der Waals surface area contributed by atoms with Gasteiger partial charge < -0.3 is 26.2 Å². The highest BCUT2D eigenvalue weighted by atomic mass is 16.4. The molecule has 1 saturated heterocycles. The Hall–Kier alpha value is -2.32. The number of carbonyl (C=O) groups is 4. The van der Waals surface area contributed by atoms with Gasteiger partial charge in [-0.1, -0.05) is 6.42 Å². The van der Waals surface area contributed by atoms with Crippen LogP contribution >= 0.6 is 0 Å². The fraction of sp³-hybridized carbons (Fsp3) is 0.800. The summed E-state index contributed by atoms with van der Waals surface area (Å²) in [6, 6.07) is -0.356. The van der Waals surface area contributed by atoms with E-state index in [-0.39, 0.29) is 19.1 Å². The number of hydrogen-bond acceptors (Lipinski definition) is 9. The van der Waals surface area contributed by atoms with Crippen LogP contribution in [0, 0.1) is 0 Å². The van der Waals surface area contributed by atoms with Crippen molar-refractivity contribution in [3.8, 4) is 0 Å². The number of aliphatic carboxylic acids is 4. The van der Waals surface area contributed by atoms with Gasteiger partial charge in [0.15, 0.2) is 0 Å². The Morgan fingerprint density at radius 1 is 0.697 bits per heavy atom. The van der Waals surface area contributed by atoms with Crippen LogP contribution in [-0.2, 0) is 19.2 Å². The third-order valence-electron chi connectivity index (χ3n) is 5.57. The van der Waals surface area contributed by atoms with Crippen LogP contribution < -0.4 is 5.73 Å². The monoisotopic (exact) mass is 475 g/mol. The lowest BCUT2D eigenvalue weighted by Gasteiger charge is -2.35. The van der Waals surface area contributed by atoms with E-state index < -0.39 is 37.0 Å². The summed E-state index contributed by atoms with van der Waals surface area (Å²) in [7, 11) is 0. The molecule has 0 aromatic carbocycles. The third kappa shape index (κ3) is 13.1. The van der Waals surface area contributed by atoms with Gasteiger partial charge in [-0.15, -0.1) is 0 Å². The van der Waals surface area contributed by atoms with Crippen LogP contribution in [0.1, 0.15) is 19.3 Å². The van der Waals surface area contributed by atoms with Crippen molar-refractivity contribution in [2.24, 2.45) is 5.73 Å². The fourth-order valence-electron chi connectivity index (χ4n) is 3.94. The van der Waals surface area contributed by atoms with Crippen molar-refractivity contribution in [3.63, 3.8) is 0 Å². The first-order chi connectivity index (χ1) is 15.6. The van der Waals surface area contributed by atoms with Crippen molar-refractivity contribution in [1.29, 1.82) is 0 Å². The normalized spacial score (nSPS) is 17.8. The summed E-state index contributed by atoms with van der Waals surface area (Å²) in [6.45, 7) is 2.40. The van der Waals surface area contributed by atoms with Crippen molar-refractivity contribution in [1.82, 2.24) is 19.6 Å². The van der Waals surface area contributed by atoms with Crippen molar-refractivity contribution in [2.75, 3.05) is 78.5 Å². The predicted molar refractivity (Wildman–Crippen MR) is 118 cm³/mol. The summed E-state index contributed by atoms with van der Waals surface area (Å²) in [5.41, 5.74) is 5.58. The van der Waals surface area contributed by atoms with E-state index in [1.54, 1.807) is 9.80 Å². The summed E-state index contributed by atoms with van der Waals surface area (Å²) in [4.78, 5) is 52.1. The standard InChI is InChI=1S/C20H37N5O8/c21-4-2-1-3-16(25(14-19(30)31)15-20(32)33)11-22-5-7-23(12-17(26)27)9-10-24(8-6-22)13-18(28)29/h16H,1-15,21H2,(H,26,27)(H,28,29)(H,30,31)(H,32,33). The maximum absolute atomic E-state index is 11.4. The highest BCUT2D eigenvalue weighted by Gasteiger charge is 2.26. The molecule has 0 saturated carbocycles. The Morgan fingerprint density at radius 2 is 1.12 bits per heavy atom. The molecule has 0 bridgehead atoms. The molecule has 13 heteroatoms. The van der Waals surface area contributed by atoms with Crippen molar-refractivity contribution < 1.29 is 39.6 Å². The third-order valence-corrected chi connectivity index (χ3v) is 5.57. The molecule has 0 spiro atoms. The highest BCUT2D eigenvalue weighted by Crippen LogP contribution is 2.12. The Morgan fingerprint density at radius 3 is 1.48 bits per heavy atom. The highest BCUT2D eigenvalue weighted by molar-refractivity contribution is 5.72. The van der Waals surface area contributed by atoms with Crippen LogP contribution in [0.5, 0.6) is 0 Å². The van der Waals surface area contributed by atoms with Crippen LogP contribution in [0.2, 0.25) is 0 Å². The zero-order valence-corrected chi connectivity index (χ0v) is 19.0. The van der Waals surface area contributed by atoms with E-state index in [1.807, 2.05) is 4.90 Å². The van der Waals surface area contributed by atoms with Crippen molar-refractivity contribution >= 4 is 23.9 Å². The second kappa shape index (κ2) is 15.5. The van der Waals surface area contributed by atoms with Crippen LogP contribution in [-0.4, -0.2) is 148 Å². The first kappa shape index (κ1) is 28.7. The SMILES string of the molecule is NCCCCC(CN1CCN(CC(=O)O)CCN(CC(=O)O)CC1)N(CC(=O)O)CC(=O)O. The zero-order valence-electron chi connectivity index (χ0n) is 19.0. The molecule has 1 aliphatic heterocycles. The lowest BCUT2D eigenvalue weighted by Crippen LogP contribution is -2.50. The second-order valence-corrected chi connectivity index (χ2v) is 8.27. The van der Waals surface area contributed by atoms with Gasteiger partial charge in [0, 0.05) is 51.9 Å². The molecule has 1 rings (SSSR count).